The summed E-state index contributed by atoms with van der Waals surface area (Å²) in [7, 11) is 3.59. The molecule has 0 fully saturated rings. The van der Waals surface area contributed by atoms with E-state index in [-0.39, 0.29) is 11.9 Å². The highest BCUT2D eigenvalue weighted by Gasteiger charge is 2.10. The molecule has 1 atom stereocenters. The molecule has 21 heavy (non-hydrogen) atoms. The first kappa shape index (κ1) is 16.0. The fraction of sp³-hybridized carbons (Fsp3) is 0.294. The van der Waals surface area contributed by atoms with Gasteiger partial charge in [-0.3, -0.25) is 0 Å². The van der Waals surface area contributed by atoms with Gasteiger partial charge in [-0.25, -0.2) is 4.39 Å². The average molecular weight is 352 g/mol. The maximum Gasteiger partial charge on any atom is 0.124 e. The van der Waals surface area contributed by atoms with Crippen LogP contribution in [0.2, 0.25) is 0 Å². The molecule has 0 aliphatic rings. The summed E-state index contributed by atoms with van der Waals surface area (Å²) in [5.74, 6) is 0.646. The van der Waals surface area contributed by atoms with E-state index in [1.54, 1.807) is 13.2 Å². The van der Waals surface area contributed by atoms with E-state index in [1.807, 2.05) is 25.2 Å². The maximum atomic E-state index is 13.4. The topological polar surface area (TPSA) is 21.3 Å². The molecular weight excluding hydrogens is 333 g/mol. The number of ether oxygens (including phenoxy) is 1. The molecule has 4 heteroatoms. The summed E-state index contributed by atoms with van der Waals surface area (Å²) in [6.45, 7) is 0. The molecule has 0 aromatic heterocycles. The Kier molecular flexibility index (Phi) is 5.76. The van der Waals surface area contributed by atoms with E-state index in [4.69, 9.17) is 4.74 Å². The predicted molar refractivity (Wildman–Crippen MR) is 87.3 cm³/mol. The Morgan fingerprint density at radius 2 is 1.76 bits per heavy atom. The lowest BCUT2D eigenvalue weighted by Gasteiger charge is -2.17. The highest BCUT2D eigenvalue weighted by molar-refractivity contribution is 9.10. The van der Waals surface area contributed by atoms with E-state index < -0.39 is 0 Å². The van der Waals surface area contributed by atoms with Crippen molar-refractivity contribution in [2.24, 2.45) is 0 Å². The zero-order valence-corrected chi connectivity index (χ0v) is 13.8. The van der Waals surface area contributed by atoms with Crippen LogP contribution < -0.4 is 10.1 Å². The first-order valence-corrected chi connectivity index (χ1v) is 7.65. The number of likely N-dealkylation sites (N-methyl/N-ethyl adjacent to an activating group) is 1. The number of hydrogen-bond acceptors (Lipinski definition) is 2. The maximum absolute atomic E-state index is 13.4. The Morgan fingerprint density at radius 1 is 1.10 bits per heavy atom. The van der Waals surface area contributed by atoms with Crippen molar-refractivity contribution < 1.29 is 9.13 Å². The minimum absolute atomic E-state index is 0.210. The molecule has 0 saturated heterocycles. The van der Waals surface area contributed by atoms with Crippen LogP contribution in [0.1, 0.15) is 11.1 Å². The van der Waals surface area contributed by atoms with Crippen molar-refractivity contribution in [3.63, 3.8) is 0 Å². The Labute approximate surface area is 133 Å². The van der Waals surface area contributed by atoms with E-state index in [0.29, 0.717) is 0 Å². The molecule has 1 N–H and O–H groups in total. The second kappa shape index (κ2) is 7.57. The molecule has 2 rings (SSSR count). The molecule has 112 valence electrons. The molecule has 1 unspecified atom stereocenters. The summed E-state index contributed by atoms with van der Waals surface area (Å²) in [5, 5.41) is 3.30. The van der Waals surface area contributed by atoms with Crippen LogP contribution in [0.15, 0.2) is 46.9 Å². The Bertz CT molecular complexity index is 566. The molecule has 0 heterocycles. The standard InChI is InChI=1S/C17H19BrFNO/c1-20-16(9-12-3-5-17(21-2)6-4-12)10-13-7-14(18)11-15(19)8-13/h3-8,11,16,20H,9-10H2,1-2H3. The van der Waals surface area contributed by atoms with Gasteiger partial charge in [-0.05, 0) is 61.3 Å². The molecular formula is C17H19BrFNO. The molecule has 0 saturated carbocycles. The number of methoxy groups -OCH3 is 1. The Balaban J connectivity index is 2.05. The number of rotatable bonds is 6. The van der Waals surface area contributed by atoms with Crippen molar-refractivity contribution in [3.8, 4) is 5.75 Å². The van der Waals surface area contributed by atoms with Crippen molar-refractivity contribution in [3.05, 3.63) is 63.9 Å². The van der Waals surface area contributed by atoms with E-state index in [2.05, 4.69) is 33.4 Å². The van der Waals surface area contributed by atoms with Crippen LogP contribution in [-0.2, 0) is 12.8 Å². The lowest BCUT2D eigenvalue weighted by Crippen LogP contribution is -2.29. The summed E-state index contributed by atoms with van der Waals surface area (Å²) < 4.78 is 19.4. The monoisotopic (exact) mass is 351 g/mol. The highest BCUT2D eigenvalue weighted by Crippen LogP contribution is 2.18. The molecule has 0 amide bonds. The van der Waals surface area contributed by atoms with Gasteiger partial charge in [0, 0.05) is 10.5 Å². The molecule has 0 spiro atoms. The van der Waals surface area contributed by atoms with E-state index in [1.165, 1.54) is 11.6 Å². The van der Waals surface area contributed by atoms with E-state index in [9.17, 15) is 4.39 Å². The van der Waals surface area contributed by atoms with Gasteiger partial charge in [0.1, 0.15) is 11.6 Å². The zero-order valence-electron chi connectivity index (χ0n) is 12.2. The van der Waals surface area contributed by atoms with E-state index >= 15 is 0 Å². The molecule has 0 bridgehead atoms. The van der Waals surface area contributed by atoms with Gasteiger partial charge in [0.2, 0.25) is 0 Å². The third-order valence-electron chi connectivity index (χ3n) is 3.45. The third kappa shape index (κ3) is 4.83. The molecule has 2 aromatic carbocycles. The van der Waals surface area contributed by atoms with Crippen LogP contribution in [-0.4, -0.2) is 20.2 Å². The van der Waals surface area contributed by atoms with Crippen LogP contribution in [0.3, 0.4) is 0 Å². The predicted octanol–water partition coefficient (Wildman–Crippen LogP) is 3.97. The highest BCUT2D eigenvalue weighted by atomic mass is 79.9. The number of halogens is 2. The summed E-state index contributed by atoms with van der Waals surface area (Å²) in [5.41, 5.74) is 2.21. The van der Waals surface area contributed by atoms with Gasteiger partial charge in [0.25, 0.3) is 0 Å². The van der Waals surface area contributed by atoms with Crippen LogP contribution in [0, 0.1) is 5.82 Å². The smallest absolute Gasteiger partial charge is 0.124 e. The second-order valence-corrected chi connectivity index (χ2v) is 5.94. The van der Waals surface area contributed by atoms with Crippen LogP contribution in [0.25, 0.3) is 0 Å². The Morgan fingerprint density at radius 3 is 2.33 bits per heavy atom. The summed E-state index contributed by atoms with van der Waals surface area (Å²) in [4.78, 5) is 0. The first-order chi connectivity index (χ1) is 10.1. The van der Waals surface area contributed by atoms with Gasteiger partial charge < -0.3 is 10.1 Å². The second-order valence-electron chi connectivity index (χ2n) is 5.02. The minimum Gasteiger partial charge on any atom is -0.497 e. The normalized spacial score (nSPS) is 12.2. The van der Waals surface area contributed by atoms with Gasteiger partial charge >= 0.3 is 0 Å². The Hall–Kier alpha value is -1.39. The average Bonchev–Trinajstić information content (AvgIpc) is 2.46. The van der Waals surface area contributed by atoms with Crippen LogP contribution >= 0.6 is 15.9 Å². The van der Waals surface area contributed by atoms with Crippen molar-refractivity contribution in [1.82, 2.24) is 5.32 Å². The van der Waals surface area contributed by atoms with Crippen LogP contribution in [0.5, 0.6) is 5.75 Å². The lowest BCUT2D eigenvalue weighted by molar-refractivity contribution is 0.414. The largest absolute Gasteiger partial charge is 0.497 e. The zero-order chi connectivity index (χ0) is 15.2. The minimum atomic E-state index is -0.210. The molecule has 0 aliphatic heterocycles. The van der Waals surface area contributed by atoms with Crippen LogP contribution in [0.4, 0.5) is 4.39 Å². The first-order valence-electron chi connectivity index (χ1n) is 6.86. The summed E-state index contributed by atoms with van der Waals surface area (Å²) in [6.07, 6.45) is 1.66. The summed E-state index contributed by atoms with van der Waals surface area (Å²) in [6, 6.07) is 13.3. The number of nitrogens with one attached hydrogen (secondary N) is 1. The molecule has 2 aromatic rings. The third-order valence-corrected chi connectivity index (χ3v) is 3.91. The van der Waals surface area contributed by atoms with E-state index in [0.717, 1.165) is 28.6 Å². The van der Waals surface area contributed by atoms with Gasteiger partial charge in [0.15, 0.2) is 0 Å². The van der Waals surface area contributed by atoms with Gasteiger partial charge in [-0.15, -0.1) is 0 Å². The molecule has 0 aliphatic carbocycles. The van der Waals surface area contributed by atoms with Crippen molar-refractivity contribution >= 4 is 15.9 Å². The van der Waals surface area contributed by atoms with Gasteiger partial charge in [-0.2, -0.15) is 0 Å². The molecule has 0 radical (unpaired) electrons. The summed E-state index contributed by atoms with van der Waals surface area (Å²) >= 11 is 3.33. The quantitative estimate of drug-likeness (QED) is 0.850. The fourth-order valence-corrected chi connectivity index (χ4v) is 2.85. The number of hydrogen-bond donors (Lipinski definition) is 1. The number of benzene rings is 2. The van der Waals surface area contributed by atoms with Crippen molar-refractivity contribution in [2.45, 2.75) is 18.9 Å². The van der Waals surface area contributed by atoms with Gasteiger partial charge in [-0.1, -0.05) is 28.1 Å². The van der Waals surface area contributed by atoms with Gasteiger partial charge in [0.05, 0.1) is 7.11 Å². The van der Waals surface area contributed by atoms with Crippen molar-refractivity contribution in [2.75, 3.05) is 14.2 Å². The SMILES string of the molecule is CNC(Cc1ccc(OC)cc1)Cc1cc(F)cc(Br)c1. The van der Waals surface area contributed by atoms with Crippen molar-refractivity contribution in [1.29, 1.82) is 0 Å². The molecule has 2 nitrogen and oxygen atoms in total. The fourth-order valence-electron chi connectivity index (χ4n) is 2.34. The lowest BCUT2D eigenvalue weighted by atomic mass is 9.99.